The Labute approximate surface area is 231 Å². The number of carboxylic acid groups (broad SMARTS) is 1. The second kappa shape index (κ2) is 12.0. The maximum atomic E-state index is 12.4. The minimum atomic E-state index is -1.12. The molecule has 2 aromatic heterocycles. The molecule has 9 nitrogen and oxygen atoms in total. The quantitative estimate of drug-likeness (QED) is 0.173. The van der Waals surface area contributed by atoms with Crippen LogP contribution >= 0.6 is 27.5 Å². The second-order valence-electron chi connectivity index (χ2n) is 8.20. The van der Waals surface area contributed by atoms with E-state index in [1.54, 1.807) is 12.1 Å². The first-order chi connectivity index (χ1) is 18.2. The van der Waals surface area contributed by atoms with Crippen molar-refractivity contribution in [3.63, 3.8) is 0 Å². The number of carboxylic acids is 1. The van der Waals surface area contributed by atoms with Crippen LogP contribution in [-0.4, -0.2) is 34.4 Å². The highest BCUT2D eigenvalue weighted by Crippen LogP contribution is 2.34. The molecular formula is C27H23BrClN3O6. The van der Waals surface area contributed by atoms with E-state index in [1.165, 1.54) is 18.3 Å². The van der Waals surface area contributed by atoms with Crippen LogP contribution in [0.15, 0.2) is 74.7 Å². The summed E-state index contributed by atoms with van der Waals surface area (Å²) in [6.45, 7) is 3.74. The number of ether oxygens (including phenoxy) is 2. The molecule has 0 saturated heterocycles. The molecule has 0 aliphatic rings. The lowest BCUT2D eigenvalue weighted by atomic mass is 10.2. The van der Waals surface area contributed by atoms with Crippen LogP contribution in [0.25, 0.3) is 5.69 Å². The molecule has 0 unspecified atom stereocenters. The SMILES string of the molecule is Cc1ccc(C)n1-c1ccc(OCc2ccc(C(=O)N/N=C/c3cc(Cl)c(OCC(=O)O)c(Br)c3)o2)cc1. The number of halogens is 2. The van der Waals surface area contributed by atoms with Crippen molar-refractivity contribution in [1.29, 1.82) is 0 Å². The van der Waals surface area contributed by atoms with Gasteiger partial charge in [0.2, 0.25) is 0 Å². The van der Waals surface area contributed by atoms with Crippen molar-refractivity contribution in [3.05, 3.63) is 98.6 Å². The molecule has 0 atom stereocenters. The summed E-state index contributed by atoms with van der Waals surface area (Å²) < 4.78 is 19.1. The van der Waals surface area contributed by atoms with Crippen molar-refractivity contribution in [2.75, 3.05) is 6.61 Å². The van der Waals surface area contributed by atoms with Gasteiger partial charge in [-0.15, -0.1) is 0 Å². The van der Waals surface area contributed by atoms with Gasteiger partial charge in [-0.3, -0.25) is 4.79 Å². The topological polar surface area (TPSA) is 115 Å². The molecule has 4 rings (SSSR count). The number of carbonyl (C=O) groups excluding carboxylic acids is 1. The number of nitrogens with one attached hydrogen (secondary N) is 1. The lowest BCUT2D eigenvalue weighted by molar-refractivity contribution is -0.139. The molecular weight excluding hydrogens is 578 g/mol. The summed E-state index contributed by atoms with van der Waals surface area (Å²) in [5.74, 6) is -0.239. The van der Waals surface area contributed by atoms with Crippen LogP contribution in [0.2, 0.25) is 5.02 Å². The molecule has 38 heavy (non-hydrogen) atoms. The highest BCUT2D eigenvalue weighted by molar-refractivity contribution is 9.10. The van der Waals surface area contributed by atoms with Crippen molar-refractivity contribution in [2.24, 2.45) is 5.10 Å². The zero-order valence-electron chi connectivity index (χ0n) is 20.4. The predicted octanol–water partition coefficient (Wildman–Crippen LogP) is 5.91. The molecule has 1 amide bonds. The average molecular weight is 601 g/mol. The van der Waals surface area contributed by atoms with Gasteiger partial charge in [0, 0.05) is 17.1 Å². The number of nitrogens with zero attached hydrogens (tertiary/aromatic N) is 2. The number of amides is 1. The van der Waals surface area contributed by atoms with Crippen molar-refractivity contribution < 1.29 is 28.6 Å². The Hall–Kier alpha value is -4.02. The van der Waals surface area contributed by atoms with Crippen LogP contribution < -0.4 is 14.9 Å². The summed E-state index contributed by atoms with van der Waals surface area (Å²) >= 11 is 9.43. The van der Waals surface area contributed by atoms with Gasteiger partial charge in [0.05, 0.1) is 15.7 Å². The maximum absolute atomic E-state index is 12.4. The van der Waals surface area contributed by atoms with Crippen LogP contribution in [-0.2, 0) is 11.4 Å². The highest BCUT2D eigenvalue weighted by Gasteiger charge is 2.13. The van der Waals surface area contributed by atoms with E-state index in [2.05, 4.69) is 57.0 Å². The standard InChI is InChI=1S/C27H23BrClN3O6/c1-16-3-4-17(2)32(16)19-5-7-20(8-6-19)36-14-21-9-10-24(38-21)27(35)31-30-13-18-11-22(28)26(23(29)12-18)37-15-25(33)34/h3-13H,14-15H2,1-2H3,(H,31,35)(H,33,34)/b30-13+. The fourth-order valence-corrected chi connectivity index (χ4v) is 4.63. The van der Waals surface area contributed by atoms with Gasteiger partial charge in [0.25, 0.3) is 0 Å². The zero-order valence-corrected chi connectivity index (χ0v) is 22.7. The van der Waals surface area contributed by atoms with Crippen LogP contribution in [0.3, 0.4) is 0 Å². The smallest absolute Gasteiger partial charge is 0.341 e. The molecule has 2 aromatic carbocycles. The van der Waals surface area contributed by atoms with Gasteiger partial charge in [0.15, 0.2) is 18.1 Å². The summed E-state index contributed by atoms with van der Waals surface area (Å²) in [6, 6.07) is 18.2. The molecule has 2 heterocycles. The molecule has 0 fully saturated rings. The molecule has 11 heteroatoms. The maximum Gasteiger partial charge on any atom is 0.341 e. The lowest BCUT2D eigenvalue weighted by Crippen LogP contribution is -2.16. The van der Waals surface area contributed by atoms with E-state index in [0.717, 1.165) is 17.1 Å². The van der Waals surface area contributed by atoms with E-state index < -0.39 is 18.5 Å². The highest BCUT2D eigenvalue weighted by atomic mass is 79.9. The van der Waals surface area contributed by atoms with E-state index in [0.29, 0.717) is 21.5 Å². The molecule has 0 spiro atoms. The average Bonchev–Trinajstić information content (AvgIpc) is 3.48. The summed E-state index contributed by atoms with van der Waals surface area (Å²) in [6.07, 6.45) is 1.38. The monoisotopic (exact) mass is 599 g/mol. The Morgan fingerprint density at radius 2 is 1.79 bits per heavy atom. The lowest BCUT2D eigenvalue weighted by Gasteiger charge is -2.10. The van der Waals surface area contributed by atoms with Crippen LogP contribution in [0.4, 0.5) is 0 Å². The van der Waals surface area contributed by atoms with E-state index in [-0.39, 0.29) is 23.1 Å². The number of hydrogen-bond acceptors (Lipinski definition) is 6. The summed E-state index contributed by atoms with van der Waals surface area (Å²) in [4.78, 5) is 23.1. The molecule has 4 aromatic rings. The van der Waals surface area contributed by atoms with Gasteiger partial charge in [-0.25, -0.2) is 10.2 Å². The van der Waals surface area contributed by atoms with Crippen LogP contribution in [0, 0.1) is 13.8 Å². The summed E-state index contributed by atoms with van der Waals surface area (Å²) in [7, 11) is 0. The number of hydrazone groups is 1. The minimum absolute atomic E-state index is 0.0753. The van der Waals surface area contributed by atoms with E-state index in [1.807, 2.05) is 24.3 Å². The molecule has 0 bridgehead atoms. The van der Waals surface area contributed by atoms with E-state index in [9.17, 15) is 9.59 Å². The van der Waals surface area contributed by atoms with Gasteiger partial charge in [-0.2, -0.15) is 5.10 Å². The Balaban J connectivity index is 1.30. The third kappa shape index (κ3) is 6.64. The first-order valence-corrected chi connectivity index (χ1v) is 12.5. The number of benzene rings is 2. The van der Waals surface area contributed by atoms with Gasteiger partial charge in [-0.05, 0) is 96.0 Å². The van der Waals surface area contributed by atoms with Gasteiger partial charge >= 0.3 is 11.9 Å². The normalized spacial score (nSPS) is 11.1. The summed E-state index contributed by atoms with van der Waals surface area (Å²) in [5.41, 5.74) is 6.28. The molecule has 2 N–H and O–H groups in total. The van der Waals surface area contributed by atoms with Crippen molar-refractivity contribution in [3.8, 4) is 17.2 Å². The number of furan rings is 1. The van der Waals surface area contributed by atoms with Crippen molar-refractivity contribution >= 4 is 45.6 Å². The number of aromatic nitrogens is 1. The number of aliphatic carboxylic acids is 1. The molecule has 196 valence electrons. The Morgan fingerprint density at radius 3 is 2.45 bits per heavy atom. The van der Waals surface area contributed by atoms with Crippen LogP contribution in [0.1, 0.15) is 33.3 Å². The Kier molecular flexibility index (Phi) is 8.55. The van der Waals surface area contributed by atoms with Gasteiger partial charge in [0.1, 0.15) is 18.1 Å². The second-order valence-corrected chi connectivity index (χ2v) is 9.46. The molecule has 0 saturated carbocycles. The number of aryl methyl sites for hydroxylation is 2. The van der Waals surface area contributed by atoms with Crippen molar-refractivity contribution in [1.82, 2.24) is 9.99 Å². The Morgan fingerprint density at radius 1 is 1.08 bits per heavy atom. The Bertz CT molecular complexity index is 1450. The predicted molar refractivity (Wildman–Crippen MR) is 146 cm³/mol. The number of hydrogen-bond donors (Lipinski definition) is 2. The summed E-state index contributed by atoms with van der Waals surface area (Å²) in [5, 5.41) is 12.9. The fourth-order valence-electron chi connectivity index (χ4n) is 3.65. The number of rotatable bonds is 10. The molecule has 0 aliphatic heterocycles. The first-order valence-electron chi connectivity index (χ1n) is 11.3. The van der Waals surface area contributed by atoms with Crippen LogP contribution in [0.5, 0.6) is 11.5 Å². The molecule has 0 radical (unpaired) electrons. The zero-order chi connectivity index (χ0) is 27.2. The minimum Gasteiger partial charge on any atom is -0.486 e. The fraction of sp³-hybridized carbons (Fsp3) is 0.148. The third-order valence-electron chi connectivity index (χ3n) is 5.37. The van der Waals surface area contributed by atoms with E-state index >= 15 is 0 Å². The molecule has 0 aliphatic carbocycles. The largest absolute Gasteiger partial charge is 0.486 e. The van der Waals surface area contributed by atoms with Gasteiger partial charge in [-0.1, -0.05) is 11.6 Å². The number of carbonyl (C=O) groups is 2. The third-order valence-corrected chi connectivity index (χ3v) is 6.24. The van der Waals surface area contributed by atoms with E-state index in [4.69, 9.17) is 30.6 Å². The van der Waals surface area contributed by atoms with Crippen molar-refractivity contribution in [2.45, 2.75) is 20.5 Å². The van der Waals surface area contributed by atoms with Gasteiger partial charge < -0.3 is 23.6 Å². The first kappa shape index (κ1) is 27.0.